The number of esters is 1. The van der Waals surface area contributed by atoms with E-state index in [9.17, 15) is 9.90 Å². The molecule has 0 heterocycles. The molecule has 4 heteroatoms. The van der Waals surface area contributed by atoms with Crippen molar-refractivity contribution in [3.8, 4) is 0 Å². The second-order valence-corrected chi connectivity index (χ2v) is 2.96. The van der Waals surface area contributed by atoms with Crippen molar-refractivity contribution in [1.82, 2.24) is 0 Å². The van der Waals surface area contributed by atoms with Crippen LogP contribution in [0.3, 0.4) is 0 Å². The maximum atomic E-state index is 10.9. The van der Waals surface area contributed by atoms with E-state index in [1.807, 2.05) is 6.92 Å². The Bertz CT molecular complexity index is 189. The van der Waals surface area contributed by atoms with Gasteiger partial charge in [-0.05, 0) is 13.3 Å². The zero-order valence-electron chi connectivity index (χ0n) is 8.66. The minimum Gasteiger partial charge on any atom is -0.452 e. The van der Waals surface area contributed by atoms with Crippen molar-refractivity contribution in [2.45, 2.75) is 26.4 Å². The molecule has 1 radical (unpaired) electrons. The summed E-state index contributed by atoms with van der Waals surface area (Å²) in [4.78, 5) is 10.9. The smallest absolute Gasteiger partial charge is 0.333 e. The third-order valence-corrected chi connectivity index (χ3v) is 1.32. The van der Waals surface area contributed by atoms with Gasteiger partial charge in [0.1, 0.15) is 6.10 Å². The van der Waals surface area contributed by atoms with E-state index in [0.717, 1.165) is 13.0 Å². The lowest BCUT2D eigenvalue weighted by Crippen LogP contribution is -2.19. The average molecular weight is 201 g/mol. The van der Waals surface area contributed by atoms with E-state index in [2.05, 4.69) is 11.3 Å². The number of hydrogen-bond donors (Lipinski definition) is 1. The summed E-state index contributed by atoms with van der Waals surface area (Å²) < 4.78 is 9.64. The molecule has 4 nitrogen and oxygen atoms in total. The molecule has 0 saturated carbocycles. The minimum absolute atomic E-state index is 0.136. The highest BCUT2D eigenvalue weighted by Crippen LogP contribution is 1.99. The summed E-state index contributed by atoms with van der Waals surface area (Å²) in [6, 6.07) is 0. The number of ether oxygens (including phenoxy) is 2. The van der Waals surface area contributed by atoms with E-state index in [1.54, 1.807) is 0 Å². The van der Waals surface area contributed by atoms with Crippen LogP contribution >= 0.6 is 0 Å². The van der Waals surface area contributed by atoms with Crippen molar-refractivity contribution in [2.75, 3.05) is 13.2 Å². The van der Waals surface area contributed by atoms with Crippen molar-refractivity contribution in [1.29, 1.82) is 0 Å². The van der Waals surface area contributed by atoms with Crippen molar-refractivity contribution in [3.63, 3.8) is 0 Å². The summed E-state index contributed by atoms with van der Waals surface area (Å²) in [6.45, 7) is 8.68. The van der Waals surface area contributed by atoms with Crippen LogP contribution in [0.25, 0.3) is 0 Å². The van der Waals surface area contributed by atoms with Crippen LogP contribution in [-0.4, -0.2) is 30.4 Å². The molecule has 0 bridgehead atoms. The van der Waals surface area contributed by atoms with Crippen molar-refractivity contribution in [3.05, 3.63) is 18.8 Å². The predicted octanol–water partition coefficient (Wildman–Crippen LogP) is 1.05. The SMILES string of the molecule is C=C(C)C(=O)O[CH]C(O)COCCC. The second kappa shape index (κ2) is 7.53. The maximum Gasteiger partial charge on any atom is 0.333 e. The molecule has 0 aliphatic rings. The van der Waals surface area contributed by atoms with Gasteiger partial charge in [0.25, 0.3) is 0 Å². The Morgan fingerprint density at radius 2 is 2.29 bits per heavy atom. The molecule has 0 aliphatic heterocycles. The average Bonchev–Trinajstić information content (AvgIpc) is 2.14. The molecule has 1 atom stereocenters. The number of rotatable bonds is 7. The first-order chi connectivity index (χ1) is 6.57. The van der Waals surface area contributed by atoms with Gasteiger partial charge in [0, 0.05) is 12.2 Å². The van der Waals surface area contributed by atoms with Crippen molar-refractivity contribution in [2.24, 2.45) is 0 Å². The Kier molecular flexibility index (Phi) is 7.06. The van der Waals surface area contributed by atoms with Gasteiger partial charge in [-0.2, -0.15) is 0 Å². The highest BCUT2D eigenvalue weighted by atomic mass is 16.5. The molecule has 0 fully saturated rings. The lowest BCUT2D eigenvalue weighted by Gasteiger charge is -2.10. The summed E-state index contributed by atoms with van der Waals surface area (Å²) >= 11 is 0. The quantitative estimate of drug-likeness (QED) is 0.380. The molecular weight excluding hydrogens is 184 g/mol. The Morgan fingerprint density at radius 3 is 2.79 bits per heavy atom. The van der Waals surface area contributed by atoms with Gasteiger partial charge in [0.2, 0.25) is 0 Å². The van der Waals surface area contributed by atoms with Crippen LogP contribution in [0, 0.1) is 6.61 Å². The fourth-order valence-corrected chi connectivity index (χ4v) is 0.629. The largest absolute Gasteiger partial charge is 0.452 e. The third-order valence-electron chi connectivity index (χ3n) is 1.32. The summed E-state index contributed by atoms with van der Waals surface area (Å²) in [6.07, 6.45) is 0.00278. The molecule has 0 aromatic heterocycles. The van der Waals surface area contributed by atoms with Gasteiger partial charge in [-0.25, -0.2) is 4.79 Å². The van der Waals surface area contributed by atoms with Crippen molar-refractivity contribution < 1.29 is 19.4 Å². The van der Waals surface area contributed by atoms with Gasteiger partial charge < -0.3 is 14.6 Å². The zero-order chi connectivity index (χ0) is 11.0. The van der Waals surface area contributed by atoms with Crippen LogP contribution in [0.15, 0.2) is 12.2 Å². The molecule has 0 spiro atoms. The van der Waals surface area contributed by atoms with Crippen LogP contribution in [0.1, 0.15) is 20.3 Å². The highest BCUT2D eigenvalue weighted by molar-refractivity contribution is 5.87. The van der Waals surface area contributed by atoms with Gasteiger partial charge >= 0.3 is 5.97 Å². The van der Waals surface area contributed by atoms with Crippen molar-refractivity contribution >= 4 is 5.97 Å². The molecule has 0 rings (SSSR count). The second-order valence-electron chi connectivity index (χ2n) is 2.96. The molecule has 0 aliphatic carbocycles. The van der Waals surface area contributed by atoms with Crippen LogP contribution in [0.5, 0.6) is 0 Å². The third kappa shape index (κ3) is 6.62. The number of carbonyl (C=O) groups excluding carboxylic acids is 1. The fraction of sp³-hybridized carbons (Fsp3) is 0.600. The van der Waals surface area contributed by atoms with Crippen LogP contribution in [0.2, 0.25) is 0 Å². The summed E-state index contributed by atoms with van der Waals surface area (Å²) in [5.41, 5.74) is 0.294. The van der Waals surface area contributed by atoms with Gasteiger partial charge in [0.05, 0.1) is 6.61 Å². The lowest BCUT2D eigenvalue weighted by molar-refractivity contribution is -0.138. The van der Waals surface area contributed by atoms with E-state index < -0.39 is 12.1 Å². The first-order valence-corrected chi connectivity index (χ1v) is 4.53. The first-order valence-electron chi connectivity index (χ1n) is 4.53. The van der Waals surface area contributed by atoms with E-state index in [0.29, 0.717) is 12.2 Å². The molecule has 81 valence electrons. The van der Waals surface area contributed by atoms with E-state index in [4.69, 9.17) is 4.74 Å². The van der Waals surface area contributed by atoms with Gasteiger partial charge in [-0.3, -0.25) is 0 Å². The summed E-state index contributed by atoms with van der Waals surface area (Å²) in [5.74, 6) is -0.542. The topological polar surface area (TPSA) is 55.8 Å². The number of hydrogen-bond acceptors (Lipinski definition) is 4. The van der Waals surface area contributed by atoms with Gasteiger partial charge in [-0.1, -0.05) is 13.5 Å². The Labute approximate surface area is 84.5 Å². The number of carbonyl (C=O) groups is 1. The lowest BCUT2D eigenvalue weighted by atomic mass is 10.3. The van der Waals surface area contributed by atoms with Crippen LogP contribution in [0.4, 0.5) is 0 Å². The minimum atomic E-state index is -0.884. The summed E-state index contributed by atoms with van der Waals surface area (Å²) in [5, 5.41) is 9.22. The molecule has 0 aromatic carbocycles. The van der Waals surface area contributed by atoms with E-state index in [1.165, 1.54) is 6.92 Å². The van der Waals surface area contributed by atoms with Gasteiger partial charge in [0.15, 0.2) is 6.61 Å². The molecule has 0 saturated heterocycles. The van der Waals surface area contributed by atoms with Crippen LogP contribution < -0.4 is 0 Å². The molecular formula is C10H17O4. The Hall–Kier alpha value is -0.870. The Balaban J connectivity index is 3.48. The molecule has 1 unspecified atom stereocenters. The highest BCUT2D eigenvalue weighted by Gasteiger charge is 2.09. The van der Waals surface area contributed by atoms with Gasteiger partial charge in [-0.15, -0.1) is 0 Å². The van der Waals surface area contributed by atoms with E-state index in [-0.39, 0.29) is 6.61 Å². The molecule has 0 aromatic rings. The molecule has 1 N–H and O–H groups in total. The first kappa shape index (κ1) is 13.1. The normalized spacial score (nSPS) is 12.2. The maximum absolute atomic E-state index is 10.9. The Morgan fingerprint density at radius 1 is 1.64 bits per heavy atom. The number of aliphatic hydroxyl groups is 1. The fourth-order valence-electron chi connectivity index (χ4n) is 0.629. The molecule has 0 amide bonds. The zero-order valence-corrected chi connectivity index (χ0v) is 8.66. The summed E-state index contributed by atoms with van der Waals surface area (Å²) in [7, 11) is 0. The molecule has 14 heavy (non-hydrogen) atoms. The van der Waals surface area contributed by atoms with E-state index >= 15 is 0 Å². The standard InChI is InChI=1S/C10H17O4/c1-4-5-13-6-9(11)7-14-10(12)8(2)3/h7,9,11H,2,4-6H2,1,3H3. The predicted molar refractivity (Wildman–Crippen MR) is 52.3 cm³/mol. The number of aliphatic hydroxyl groups excluding tert-OH is 1. The monoisotopic (exact) mass is 201 g/mol. The van der Waals surface area contributed by atoms with Crippen LogP contribution in [-0.2, 0) is 14.3 Å².